The first-order chi connectivity index (χ1) is 15.8. The Bertz CT molecular complexity index is 914. The second-order valence-electron chi connectivity index (χ2n) is 9.50. The van der Waals surface area contributed by atoms with Gasteiger partial charge in [-0.2, -0.15) is 0 Å². The van der Waals surface area contributed by atoms with E-state index in [0.717, 1.165) is 68.9 Å². The zero-order valence-electron chi connectivity index (χ0n) is 19.2. The molecule has 0 radical (unpaired) electrons. The van der Waals surface area contributed by atoms with Crippen LogP contribution in [0, 0.1) is 0 Å². The molecule has 0 N–H and O–H groups in total. The van der Waals surface area contributed by atoms with E-state index < -0.39 is 0 Å². The molecule has 7 heteroatoms. The van der Waals surface area contributed by atoms with Crippen LogP contribution in [0.15, 0.2) is 24.3 Å². The standard InChI is InChI=1S/C25H36N6O/c32-25(31-19-17-29(18-20-31)16-15-28-11-5-1-6-12-28)23-21-9-3-4-10-22(21)24(27-26-23)30-13-7-2-8-14-30/h3-4,9-10H,1-2,5-8,11-20H2. The van der Waals surface area contributed by atoms with Crippen molar-refractivity contribution in [2.24, 2.45) is 0 Å². The Balaban J connectivity index is 1.24. The fraction of sp³-hybridized carbons (Fsp3) is 0.640. The number of amides is 1. The van der Waals surface area contributed by atoms with E-state index in [0.29, 0.717) is 5.69 Å². The number of carbonyl (C=O) groups excluding carboxylic acids is 1. The molecule has 32 heavy (non-hydrogen) atoms. The average Bonchev–Trinajstić information content (AvgIpc) is 2.88. The quantitative estimate of drug-likeness (QED) is 0.719. The van der Waals surface area contributed by atoms with E-state index in [1.165, 1.54) is 51.6 Å². The first kappa shape index (κ1) is 21.6. The van der Waals surface area contributed by atoms with Crippen molar-refractivity contribution in [3.8, 4) is 0 Å². The number of piperidine rings is 2. The van der Waals surface area contributed by atoms with E-state index in [1.807, 2.05) is 23.1 Å². The van der Waals surface area contributed by atoms with Crippen molar-refractivity contribution < 1.29 is 4.79 Å². The Hall–Kier alpha value is -2.25. The van der Waals surface area contributed by atoms with Crippen molar-refractivity contribution in [2.45, 2.75) is 38.5 Å². The van der Waals surface area contributed by atoms with E-state index in [2.05, 4.69) is 31.0 Å². The maximum atomic E-state index is 13.4. The van der Waals surface area contributed by atoms with E-state index in [-0.39, 0.29) is 5.91 Å². The summed E-state index contributed by atoms with van der Waals surface area (Å²) in [7, 11) is 0. The smallest absolute Gasteiger partial charge is 0.275 e. The average molecular weight is 437 g/mol. The second kappa shape index (κ2) is 10.1. The molecule has 3 aliphatic heterocycles. The molecule has 5 rings (SSSR count). The van der Waals surface area contributed by atoms with Crippen LogP contribution in [0.2, 0.25) is 0 Å². The molecule has 0 saturated carbocycles. The van der Waals surface area contributed by atoms with Crippen LogP contribution in [0.4, 0.5) is 5.82 Å². The number of carbonyl (C=O) groups is 1. The summed E-state index contributed by atoms with van der Waals surface area (Å²) < 4.78 is 0. The predicted molar refractivity (Wildman–Crippen MR) is 128 cm³/mol. The molecule has 0 bridgehead atoms. The van der Waals surface area contributed by atoms with Crippen LogP contribution >= 0.6 is 0 Å². The summed E-state index contributed by atoms with van der Waals surface area (Å²) in [5.41, 5.74) is 0.503. The molecule has 3 saturated heterocycles. The van der Waals surface area contributed by atoms with Gasteiger partial charge in [0.05, 0.1) is 0 Å². The number of likely N-dealkylation sites (tertiary alicyclic amines) is 1. The number of benzene rings is 1. The molecule has 0 aliphatic carbocycles. The minimum atomic E-state index is 0.0228. The molecule has 1 aromatic heterocycles. The van der Waals surface area contributed by atoms with Crippen LogP contribution in [0.25, 0.3) is 10.8 Å². The monoisotopic (exact) mass is 436 g/mol. The van der Waals surface area contributed by atoms with Crippen molar-refractivity contribution in [2.75, 3.05) is 70.3 Å². The number of piperazine rings is 1. The summed E-state index contributed by atoms with van der Waals surface area (Å²) in [4.78, 5) is 22.8. The summed E-state index contributed by atoms with van der Waals surface area (Å²) in [5, 5.41) is 11.0. The molecular weight excluding hydrogens is 400 g/mol. The highest BCUT2D eigenvalue weighted by Gasteiger charge is 2.26. The number of rotatable bonds is 5. The molecule has 0 unspecified atom stereocenters. The third-order valence-electron chi connectivity index (χ3n) is 7.37. The van der Waals surface area contributed by atoms with Gasteiger partial charge in [-0.25, -0.2) is 0 Å². The number of fused-ring (bicyclic) bond motifs is 1. The normalized spacial score (nSPS) is 21.2. The SMILES string of the molecule is O=C(c1nnc(N2CCCCC2)c2ccccc12)N1CCN(CCN2CCCCC2)CC1. The van der Waals surface area contributed by atoms with Crippen LogP contribution in [0.3, 0.4) is 0 Å². The second-order valence-corrected chi connectivity index (χ2v) is 9.50. The molecule has 0 atom stereocenters. The number of hydrogen-bond donors (Lipinski definition) is 0. The first-order valence-corrected chi connectivity index (χ1v) is 12.5. The highest BCUT2D eigenvalue weighted by atomic mass is 16.2. The molecule has 7 nitrogen and oxygen atoms in total. The molecule has 3 fully saturated rings. The zero-order chi connectivity index (χ0) is 21.8. The van der Waals surface area contributed by atoms with E-state index in [9.17, 15) is 4.79 Å². The minimum Gasteiger partial charge on any atom is -0.355 e. The molecule has 1 amide bonds. The van der Waals surface area contributed by atoms with E-state index in [1.54, 1.807) is 0 Å². The van der Waals surface area contributed by atoms with Gasteiger partial charge in [0.25, 0.3) is 5.91 Å². The molecule has 2 aromatic rings. The number of hydrogen-bond acceptors (Lipinski definition) is 6. The number of aromatic nitrogens is 2. The van der Waals surface area contributed by atoms with Gasteiger partial charge in [-0.15, -0.1) is 10.2 Å². The van der Waals surface area contributed by atoms with Gasteiger partial charge in [0.2, 0.25) is 0 Å². The topological polar surface area (TPSA) is 55.8 Å². The molecule has 3 aliphatic rings. The third kappa shape index (κ3) is 4.74. The highest BCUT2D eigenvalue weighted by Crippen LogP contribution is 2.28. The van der Waals surface area contributed by atoms with Crippen LogP contribution < -0.4 is 4.90 Å². The zero-order valence-corrected chi connectivity index (χ0v) is 19.2. The Morgan fingerprint density at radius 3 is 1.97 bits per heavy atom. The molecule has 4 heterocycles. The van der Waals surface area contributed by atoms with Gasteiger partial charge in [0, 0.05) is 63.1 Å². The Morgan fingerprint density at radius 1 is 0.688 bits per heavy atom. The van der Waals surface area contributed by atoms with E-state index >= 15 is 0 Å². The predicted octanol–water partition coefficient (Wildman–Crippen LogP) is 2.86. The first-order valence-electron chi connectivity index (χ1n) is 12.5. The lowest BCUT2D eigenvalue weighted by Gasteiger charge is -2.36. The summed E-state index contributed by atoms with van der Waals surface area (Å²) in [6, 6.07) is 8.15. The van der Waals surface area contributed by atoms with Gasteiger partial charge in [-0.3, -0.25) is 9.69 Å². The summed E-state index contributed by atoms with van der Waals surface area (Å²) in [5.74, 6) is 0.953. The van der Waals surface area contributed by atoms with Crippen molar-refractivity contribution in [3.05, 3.63) is 30.0 Å². The maximum Gasteiger partial charge on any atom is 0.275 e. The lowest BCUT2D eigenvalue weighted by Crippen LogP contribution is -2.50. The van der Waals surface area contributed by atoms with Crippen LogP contribution in [-0.4, -0.2) is 96.3 Å². The minimum absolute atomic E-state index is 0.0228. The van der Waals surface area contributed by atoms with E-state index in [4.69, 9.17) is 0 Å². The maximum absolute atomic E-state index is 13.4. The van der Waals surface area contributed by atoms with Gasteiger partial charge in [-0.1, -0.05) is 30.7 Å². The molecule has 172 valence electrons. The highest BCUT2D eigenvalue weighted by molar-refractivity contribution is 6.07. The third-order valence-corrected chi connectivity index (χ3v) is 7.37. The number of anilines is 1. The summed E-state index contributed by atoms with van der Waals surface area (Å²) >= 11 is 0. The molecule has 1 aromatic carbocycles. The van der Waals surface area contributed by atoms with Gasteiger partial charge in [-0.05, 0) is 45.2 Å². The van der Waals surface area contributed by atoms with Gasteiger partial charge >= 0.3 is 0 Å². The van der Waals surface area contributed by atoms with Crippen LogP contribution in [-0.2, 0) is 0 Å². The van der Waals surface area contributed by atoms with Gasteiger partial charge in [0.1, 0.15) is 0 Å². The van der Waals surface area contributed by atoms with Gasteiger partial charge in [0.15, 0.2) is 11.5 Å². The van der Waals surface area contributed by atoms with Crippen molar-refractivity contribution >= 4 is 22.5 Å². The largest absolute Gasteiger partial charge is 0.355 e. The fourth-order valence-electron chi connectivity index (χ4n) is 5.38. The lowest BCUT2D eigenvalue weighted by atomic mass is 10.1. The van der Waals surface area contributed by atoms with Crippen LogP contribution in [0.5, 0.6) is 0 Å². The Kier molecular flexibility index (Phi) is 6.83. The van der Waals surface area contributed by atoms with Crippen molar-refractivity contribution in [3.63, 3.8) is 0 Å². The lowest BCUT2D eigenvalue weighted by molar-refractivity contribution is 0.0614. The Morgan fingerprint density at radius 2 is 1.28 bits per heavy atom. The summed E-state index contributed by atoms with van der Waals surface area (Å²) in [6.07, 6.45) is 7.73. The van der Waals surface area contributed by atoms with Gasteiger partial charge < -0.3 is 14.7 Å². The van der Waals surface area contributed by atoms with Crippen LogP contribution in [0.1, 0.15) is 49.0 Å². The van der Waals surface area contributed by atoms with Crippen molar-refractivity contribution in [1.82, 2.24) is 24.9 Å². The molecular formula is C25H36N6O. The van der Waals surface area contributed by atoms with Crippen molar-refractivity contribution in [1.29, 1.82) is 0 Å². The fourth-order valence-corrected chi connectivity index (χ4v) is 5.38. The molecule has 0 spiro atoms. The number of nitrogens with zero attached hydrogens (tertiary/aromatic N) is 6. The summed E-state index contributed by atoms with van der Waals surface area (Å²) in [6.45, 7) is 10.2. The Labute approximate surface area is 191 Å².